The number of aromatic nitrogens is 9. The monoisotopic (exact) mass is 532 g/mol. The van der Waals surface area contributed by atoms with Crippen molar-refractivity contribution in [3.05, 3.63) is 61.1 Å². The number of carbonyl (C=O) groups is 1. The number of aryl methyl sites for hydroxylation is 1. The molecule has 1 amide bonds. The Morgan fingerprint density at radius 3 is 2.83 bits per heavy atom. The number of hydrogen-bond acceptors (Lipinski definition) is 7. The van der Waals surface area contributed by atoms with Crippen LogP contribution in [0.15, 0.2) is 55.4 Å². The fourth-order valence-corrected chi connectivity index (χ4v) is 5.51. The number of amides is 1. The zero-order valence-corrected chi connectivity index (χ0v) is 22.1. The molecule has 0 bridgehead atoms. The van der Waals surface area contributed by atoms with Gasteiger partial charge in [0.1, 0.15) is 11.0 Å². The van der Waals surface area contributed by atoms with Gasteiger partial charge < -0.3 is 14.9 Å². The SMILES string of the molecule is Cc1cn(-c2ccnc3[nH]c(-c4n[nH]c5ccc(-c6cncc(NC(=O)CC7CCCCC7)c6)nc45)nc23)cn1. The van der Waals surface area contributed by atoms with Crippen molar-refractivity contribution in [2.24, 2.45) is 5.92 Å². The maximum absolute atomic E-state index is 12.7. The van der Waals surface area contributed by atoms with E-state index < -0.39 is 0 Å². The second-order valence-electron chi connectivity index (χ2n) is 10.4. The third-order valence-corrected chi connectivity index (χ3v) is 7.50. The Hall–Kier alpha value is -4.93. The van der Waals surface area contributed by atoms with Gasteiger partial charge >= 0.3 is 0 Å². The molecule has 0 spiro atoms. The van der Waals surface area contributed by atoms with Crippen LogP contribution in [0.3, 0.4) is 0 Å². The van der Waals surface area contributed by atoms with Crippen molar-refractivity contribution in [3.63, 3.8) is 0 Å². The van der Waals surface area contributed by atoms with Gasteiger partial charge in [-0.2, -0.15) is 5.10 Å². The van der Waals surface area contributed by atoms with Gasteiger partial charge in [-0.25, -0.2) is 19.9 Å². The molecule has 6 aromatic heterocycles. The van der Waals surface area contributed by atoms with Crippen LogP contribution in [-0.2, 0) is 4.79 Å². The van der Waals surface area contributed by atoms with E-state index in [2.05, 4.69) is 35.5 Å². The number of H-pyrrole nitrogens is 2. The summed E-state index contributed by atoms with van der Waals surface area (Å²) in [7, 11) is 0. The van der Waals surface area contributed by atoms with E-state index in [1.807, 2.05) is 42.0 Å². The van der Waals surface area contributed by atoms with E-state index in [-0.39, 0.29) is 5.91 Å². The first-order valence-corrected chi connectivity index (χ1v) is 13.6. The summed E-state index contributed by atoms with van der Waals surface area (Å²) in [5.41, 5.74) is 7.36. The molecule has 0 saturated heterocycles. The molecule has 11 heteroatoms. The third-order valence-electron chi connectivity index (χ3n) is 7.50. The average molecular weight is 533 g/mol. The van der Waals surface area contributed by atoms with Gasteiger partial charge in [0.15, 0.2) is 17.2 Å². The van der Waals surface area contributed by atoms with Crippen LogP contribution in [0, 0.1) is 12.8 Å². The van der Waals surface area contributed by atoms with Gasteiger partial charge in [0.2, 0.25) is 5.91 Å². The number of pyridine rings is 3. The zero-order chi connectivity index (χ0) is 27.1. The fraction of sp³-hybridized carbons (Fsp3) is 0.276. The number of aromatic amines is 2. The van der Waals surface area contributed by atoms with Gasteiger partial charge in [-0.15, -0.1) is 0 Å². The van der Waals surface area contributed by atoms with Crippen LogP contribution in [0.25, 0.3) is 50.7 Å². The van der Waals surface area contributed by atoms with Gasteiger partial charge in [0, 0.05) is 30.6 Å². The highest BCUT2D eigenvalue weighted by molar-refractivity contribution is 5.93. The zero-order valence-electron chi connectivity index (χ0n) is 22.1. The Kier molecular flexibility index (Phi) is 6.03. The molecule has 7 rings (SSSR count). The summed E-state index contributed by atoms with van der Waals surface area (Å²) >= 11 is 0. The van der Waals surface area contributed by atoms with E-state index in [1.54, 1.807) is 24.9 Å². The maximum atomic E-state index is 12.7. The molecule has 11 nitrogen and oxygen atoms in total. The Morgan fingerprint density at radius 2 is 1.98 bits per heavy atom. The molecule has 6 aromatic rings. The Bertz CT molecular complexity index is 1840. The number of fused-ring (bicyclic) bond motifs is 2. The van der Waals surface area contributed by atoms with E-state index in [0.717, 1.165) is 41.0 Å². The number of nitrogens with zero attached hydrogens (tertiary/aromatic N) is 7. The first-order chi connectivity index (χ1) is 19.6. The average Bonchev–Trinajstić information content (AvgIpc) is 3.71. The molecule has 6 heterocycles. The Morgan fingerprint density at radius 1 is 1.07 bits per heavy atom. The summed E-state index contributed by atoms with van der Waals surface area (Å²) in [5.74, 6) is 1.07. The van der Waals surface area contributed by atoms with Gasteiger partial charge in [0.25, 0.3) is 0 Å². The van der Waals surface area contributed by atoms with Crippen LogP contribution in [0.4, 0.5) is 5.69 Å². The quantitative estimate of drug-likeness (QED) is 0.262. The summed E-state index contributed by atoms with van der Waals surface area (Å²) in [6.07, 6.45) is 15.4. The van der Waals surface area contributed by atoms with Gasteiger partial charge in [-0.05, 0) is 49.9 Å². The standard InChI is InChI=1S/C29H28N10O/c1-17-15-39(16-32-17)23-9-10-31-28-26(23)35-29(36-28)27-25-22(37-38-27)8-7-21(34-25)19-12-20(14-30-13-19)33-24(40)11-18-5-3-2-4-6-18/h7-10,12-16,18H,2-6,11H2,1H3,(H,33,40)(H,37,38)(H,31,35,36). The van der Waals surface area contributed by atoms with Crippen molar-refractivity contribution in [2.45, 2.75) is 45.4 Å². The minimum atomic E-state index is 0.0371. The van der Waals surface area contributed by atoms with Crippen molar-refractivity contribution in [2.75, 3.05) is 5.32 Å². The molecule has 0 atom stereocenters. The number of nitrogens with one attached hydrogen (secondary N) is 3. The number of anilines is 1. The minimum absolute atomic E-state index is 0.0371. The minimum Gasteiger partial charge on any atom is -0.325 e. The highest BCUT2D eigenvalue weighted by Crippen LogP contribution is 2.30. The van der Waals surface area contributed by atoms with Crippen LogP contribution >= 0.6 is 0 Å². The van der Waals surface area contributed by atoms with Crippen molar-refractivity contribution >= 4 is 33.8 Å². The third kappa shape index (κ3) is 4.59. The summed E-state index contributed by atoms with van der Waals surface area (Å²) in [6.45, 7) is 1.95. The highest BCUT2D eigenvalue weighted by Gasteiger charge is 2.19. The topological polar surface area (TPSA) is 143 Å². The lowest BCUT2D eigenvalue weighted by molar-refractivity contribution is -0.117. The smallest absolute Gasteiger partial charge is 0.224 e. The van der Waals surface area contributed by atoms with Gasteiger partial charge in [-0.3, -0.25) is 14.9 Å². The lowest BCUT2D eigenvalue weighted by atomic mass is 9.87. The molecule has 200 valence electrons. The van der Waals surface area contributed by atoms with E-state index in [4.69, 9.17) is 9.97 Å². The van der Waals surface area contributed by atoms with Gasteiger partial charge in [-0.1, -0.05) is 19.3 Å². The summed E-state index contributed by atoms with van der Waals surface area (Å²) < 4.78 is 1.93. The van der Waals surface area contributed by atoms with Gasteiger partial charge in [0.05, 0.1) is 40.8 Å². The van der Waals surface area contributed by atoms with Crippen LogP contribution in [0.2, 0.25) is 0 Å². The van der Waals surface area contributed by atoms with Crippen molar-refractivity contribution in [1.29, 1.82) is 0 Å². The molecule has 1 saturated carbocycles. The first kappa shape index (κ1) is 24.1. The molecule has 1 fully saturated rings. The second-order valence-corrected chi connectivity index (χ2v) is 10.4. The number of carbonyl (C=O) groups excluding carboxylic acids is 1. The molecule has 0 radical (unpaired) electrons. The van der Waals surface area contributed by atoms with Crippen LogP contribution in [0.1, 0.15) is 44.2 Å². The van der Waals surface area contributed by atoms with Crippen molar-refractivity contribution < 1.29 is 4.79 Å². The fourth-order valence-electron chi connectivity index (χ4n) is 5.51. The predicted molar refractivity (Wildman–Crippen MR) is 152 cm³/mol. The number of hydrogen-bond donors (Lipinski definition) is 3. The normalized spacial score (nSPS) is 14.2. The summed E-state index contributed by atoms with van der Waals surface area (Å²) in [6, 6.07) is 7.66. The molecule has 0 unspecified atom stereocenters. The maximum Gasteiger partial charge on any atom is 0.224 e. The number of imidazole rings is 2. The predicted octanol–water partition coefficient (Wildman–Crippen LogP) is 5.36. The van der Waals surface area contributed by atoms with E-state index in [9.17, 15) is 4.79 Å². The molecule has 40 heavy (non-hydrogen) atoms. The summed E-state index contributed by atoms with van der Waals surface area (Å²) in [5, 5.41) is 10.6. The Labute approximate surface area is 229 Å². The molecular formula is C29H28N10O. The first-order valence-electron chi connectivity index (χ1n) is 13.6. The molecule has 0 aromatic carbocycles. The Balaban J connectivity index is 1.19. The lowest BCUT2D eigenvalue weighted by Crippen LogP contribution is -2.18. The van der Waals surface area contributed by atoms with Crippen molar-refractivity contribution in [3.8, 4) is 28.5 Å². The molecule has 1 aliphatic rings. The molecule has 3 N–H and O–H groups in total. The summed E-state index contributed by atoms with van der Waals surface area (Å²) in [4.78, 5) is 38.9. The number of rotatable bonds is 6. The van der Waals surface area contributed by atoms with Crippen LogP contribution < -0.4 is 5.32 Å². The second kappa shape index (κ2) is 9.99. The largest absolute Gasteiger partial charge is 0.325 e. The lowest BCUT2D eigenvalue weighted by Gasteiger charge is -2.20. The molecule has 1 aliphatic carbocycles. The molecular weight excluding hydrogens is 504 g/mol. The van der Waals surface area contributed by atoms with E-state index in [0.29, 0.717) is 46.2 Å². The van der Waals surface area contributed by atoms with Crippen molar-refractivity contribution in [1.82, 2.24) is 44.7 Å². The van der Waals surface area contributed by atoms with E-state index in [1.165, 1.54) is 19.3 Å². The molecule has 0 aliphatic heterocycles. The van der Waals surface area contributed by atoms with Crippen LogP contribution in [0.5, 0.6) is 0 Å². The van der Waals surface area contributed by atoms with Crippen LogP contribution in [-0.4, -0.2) is 50.6 Å². The van der Waals surface area contributed by atoms with E-state index >= 15 is 0 Å². The highest BCUT2D eigenvalue weighted by atomic mass is 16.1.